The Morgan fingerprint density at radius 1 is 1.18 bits per heavy atom. The van der Waals surface area contributed by atoms with E-state index in [1.165, 1.54) is 32.7 Å². The Morgan fingerprint density at radius 3 is 2.27 bits per heavy atom. The minimum atomic E-state index is -0.408. The number of hydrogen-bond acceptors (Lipinski definition) is 9. The summed E-state index contributed by atoms with van der Waals surface area (Å²) in [6.07, 6.45) is 14.3. The van der Waals surface area contributed by atoms with Gasteiger partial charge in [0.25, 0.3) is 5.91 Å². The van der Waals surface area contributed by atoms with Crippen LogP contribution in [0.1, 0.15) is 44.3 Å². The molecule has 6 N–H and O–H groups in total. The molecule has 2 fully saturated rings. The molecule has 3 rings (SSSR count). The average molecular weight is 458 g/mol. The first-order valence-corrected chi connectivity index (χ1v) is 11.1. The van der Waals surface area contributed by atoms with Crippen molar-refractivity contribution in [3.05, 3.63) is 42.1 Å². The lowest BCUT2D eigenvalue weighted by Gasteiger charge is -2.33. The third-order valence-electron chi connectivity index (χ3n) is 5.58. The van der Waals surface area contributed by atoms with Crippen LogP contribution in [0.5, 0.6) is 0 Å². The second kappa shape index (κ2) is 13.2. The van der Waals surface area contributed by atoms with Gasteiger partial charge in [0.2, 0.25) is 0 Å². The summed E-state index contributed by atoms with van der Waals surface area (Å²) in [6, 6.07) is 2.20. The smallest absolute Gasteiger partial charge is 0.256 e. The first-order valence-electron chi connectivity index (χ1n) is 11.1. The van der Waals surface area contributed by atoms with E-state index in [4.69, 9.17) is 10.8 Å². The zero-order valence-corrected chi connectivity index (χ0v) is 19.5. The number of carbonyl (C=O) groups excluding carboxylic acids is 2. The Balaban J connectivity index is 0.000000678. The molecule has 2 saturated carbocycles. The molecule has 1 heterocycles. The molecule has 0 saturated heterocycles. The number of aromatic nitrogens is 2. The maximum atomic E-state index is 12.0. The van der Waals surface area contributed by atoms with Crippen molar-refractivity contribution in [1.82, 2.24) is 20.2 Å². The Labute approximate surface area is 195 Å². The number of nitrogens with two attached hydrogens (primary N) is 1. The zero-order valence-electron chi connectivity index (χ0n) is 19.5. The number of allylic oxidation sites excluding steroid dienone is 3. The fourth-order valence-electron chi connectivity index (χ4n) is 2.99. The van der Waals surface area contributed by atoms with Crippen LogP contribution in [0, 0.1) is 0 Å². The fourth-order valence-corrected chi connectivity index (χ4v) is 2.99. The molecule has 1 amide bonds. The van der Waals surface area contributed by atoms with Crippen molar-refractivity contribution >= 4 is 29.4 Å². The predicted molar refractivity (Wildman–Crippen MR) is 130 cm³/mol. The molecule has 10 nitrogen and oxygen atoms in total. The van der Waals surface area contributed by atoms with Gasteiger partial charge in [-0.05, 0) is 56.9 Å². The summed E-state index contributed by atoms with van der Waals surface area (Å²) in [4.78, 5) is 34.1. The molecule has 0 radical (unpaired) electrons. The summed E-state index contributed by atoms with van der Waals surface area (Å²) in [5.41, 5.74) is 6.01. The van der Waals surface area contributed by atoms with E-state index < -0.39 is 5.91 Å². The van der Waals surface area contributed by atoms with E-state index in [1.54, 1.807) is 19.2 Å². The molecule has 33 heavy (non-hydrogen) atoms. The number of carbonyl (C=O) groups is 2. The van der Waals surface area contributed by atoms with Gasteiger partial charge in [0.1, 0.15) is 11.6 Å². The number of hydrogen-bond donors (Lipinski definition) is 5. The number of anilines is 2. The van der Waals surface area contributed by atoms with Gasteiger partial charge in [0.15, 0.2) is 12.1 Å². The molecule has 10 heteroatoms. The van der Waals surface area contributed by atoms with Crippen LogP contribution in [0.25, 0.3) is 5.57 Å². The van der Waals surface area contributed by atoms with Crippen LogP contribution in [-0.2, 0) is 9.59 Å². The molecule has 180 valence electrons. The number of nitrogens with one attached hydrogen (secondary N) is 3. The third kappa shape index (κ3) is 7.90. The third-order valence-corrected chi connectivity index (χ3v) is 5.58. The maximum Gasteiger partial charge on any atom is 0.256 e. The summed E-state index contributed by atoms with van der Waals surface area (Å²) in [7, 11) is 5.21. The molecule has 0 atom stereocenters. The molecular weight excluding hydrogens is 422 g/mol. The van der Waals surface area contributed by atoms with E-state index >= 15 is 0 Å². The number of amides is 1. The highest BCUT2D eigenvalue weighted by atomic mass is 16.3. The van der Waals surface area contributed by atoms with E-state index in [0.717, 1.165) is 19.0 Å². The van der Waals surface area contributed by atoms with E-state index in [-0.39, 0.29) is 17.5 Å². The van der Waals surface area contributed by atoms with Crippen molar-refractivity contribution in [3.8, 4) is 0 Å². The van der Waals surface area contributed by atoms with Crippen molar-refractivity contribution in [2.24, 2.45) is 5.73 Å². The van der Waals surface area contributed by atoms with Gasteiger partial charge in [-0.2, -0.15) is 0 Å². The van der Waals surface area contributed by atoms with Gasteiger partial charge in [-0.15, -0.1) is 0 Å². The highest BCUT2D eigenvalue weighted by Crippen LogP contribution is 2.23. The van der Waals surface area contributed by atoms with Crippen LogP contribution in [0.2, 0.25) is 0 Å². The number of aldehydes is 1. The van der Waals surface area contributed by atoms with Crippen LogP contribution in [0.4, 0.5) is 11.6 Å². The summed E-state index contributed by atoms with van der Waals surface area (Å²) in [6.45, 7) is 0. The van der Waals surface area contributed by atoms with Gasteiger partial charge in [-0.1, -0.05) is 0 Å². The summed E-state index contributed by atoms with van der Waals surface area (Å²) >= 11 is 0. The molecule has 2 aliphatic carbocycles. The lowest BCUT2D eigenvalue weighted by atomic mass is 9.92. The second-order valence-corrected chi connectivity index (χ2v) is 7.91. The highest BCUT2D eigenvalue weighted by Gasteiger charge is 2.19. The lowest BCUT2D eigenvalue weighted by Crippen LogP contribution is -2.33. The van der Waals surface area contributed by atoms with Crippen LogP contribution in [0.15, 0.2) is 36.3 Å². The van der Waals surface area contributed by atoms with Gasteiger partial charge < -0.3 is 31.7 Å². The number of likely N-dealkylation sites (N-methyl/N-ethyl adjacent to an activating group) is 1. The number of aliphatic hydroxyl groups is 1. The zero-order chi connectivity index (χ0) is 24.2. The molecule has 0 unspecified atom stereocenters. The Hall–Kier alpha value is -3.40. The van der Waals surface area contributed by atoms with Crippen molar-refractivity contribution in [3.63, 3.8) is 0 Å². The molecule has 1 aromatic rings. The molecule has 1 aromatic heterocycles. The van der Waals surface area contributed by atoms with Crippen molar-refractivity contribution in [1.29, 1.82) is 0 Å². The first kappa shape index (κ1) is 25.9. The molecule has 0 spiro atoms. The standard InChI is InChI=1S/C19H27N7O2.C4H8O/c1-21-16-10-17(25-18(24-16)15(11-20)19(28)22-2)23-13(12-27)6-5-9-26(3)14-7-4-8-14;5-4-2-1-3-4/h5-6,9-12,14H,4,7-8,20H2,1-3H3,(H,22,28)(H2,21,23,24,25);4-5H,1-3H2/b9-5-,13-6+,15-11+;. The van der Waals surface area contributed by atoms with Crippen LogP contribution < -0.4 is 21.7 Å². The number of rotatable bonds is 9. The van der Waals surface area contributed by atoms with E-state index in [0.29, 0.717) is 29.7 Å². The SMILES string of the molecule is CNC(=O)/C(=C/N)c1nc(NC)cc(N/C(C=O)=C/C=C\N(C)C2CCC2)n1.OC1CCC1. The molecule has 0 bridgehead atoms. The van der Waals surface area contributed by atoms with Crippen LogP contribution in [0.3, 0.4) is 0 Å². The minimum Gasteiger partial charge on any atom is -0.404 e. The van der Waals surface area contributed by atoms with Gasteiger partial charge in [-0.3, -0.25) is 9.59 Å². The molecular formula is C23H35N7O3. The molecule has 2 aliphatic rings. The van der Waals surface area contributed by atoms with Crippen molar-refractivity contribution < 1.29 is 14.7 Å². The Morgan fingerprint density at radius 2 is 1.82 bits per heavy atom. The van der Waals surface area contributed by atoms with Crippen molar-refractivity contribution in [2.45, 2.75) is 50.7 Å². The van der Waals surface area contributed by atoms with Gasteiger partial charge in [0.05, 0.1) is 17.4 Å². The Kier molecular flexibility index (Phi) is 10.4. The molecule has 0 aliphatic heterocycles. The quantitative estimate of drug-likeness (QED) is 0.212. The maximum absolute atomic E-state index is 12.0. The largest absolute Gasteiger partial charge is 0.404 e. The minimum absolute atomic E-state index is 0.0648. The van der Waals surface area contributed by atoms with Gasteiger partial charge in [0, 0.05) is 39.5 Å². The first-order chi connectivity index (χ1) is 15.9. The molecule has 0 aromatic carbocycles. The number of nitrogens with zero attached hydrogens (tertiary/aromatic N) is 3. The Bertz CT molecular complexity index is 890. The van der Waals surface area contributed by atoms with E-state index in [2.05, 4.69) is 30.8 Å². The monoisotopic (exact) mass is 457 g/mol. The topological polar surface area (TPSA) is 146 Å². The van der Waals surface area contributed by atoms with E-state index in [1.807, 2.05) is 19.3 Å². The lowest BCUT2D eigenvalue weighted by molar-refractivity contribution is -0.115. The summed E-state index contributed by atoms with van der Waals surface area (Å²) < 4.78 is 0. The fraction of sp³-hybridized carbons (Fsp3) is 0.478. The van der Waals surface area contributed by atoms with Gasteiger partial charge in [-0.25, -0.2) is 9.97 Å². The predicted octanol–water partition coefficient (Wildman–Crippen LogP) is 1.59. The van der Waals surface area contributed by atoms with E-state index in [9.17, 15) is 9.59 Å². The number of aliphatic hydroxyl groups excluding tert-OH is 1. The van der Waals surface area contributed by atoms with Gasteiger partial charge >= 0.3 is 0 Å². The average Bonchev–Trinajstić information content (AvgIpc) is 2.76. The van der Waals surface area contributed by atoms with Crippen LogP contribution in [-0.4, -0.2) is 65.5 Å². The normalized spacial score (nSPS) is 16.7. The second-order valence-electron chi connectivity index (χ2n) is 7.91. The van der Waals surface area contributed by atoms with Crippen molar-refractivity contribution in [2.75, 3.05) is 31.8 Å². The summed E-state index contributed by atoms with van der Waals surface area (Å²) in [5.74, 6) is 0.564. The summed E-state index contributed by atoms with van der Waals surface area (Å²) in [5, 5.41) is 16.8. The highest BCUT2D eigenvalue weighted by molar-refractivity contribution is 6.18. The van der Waals surface area contributed by atoms with Crippen LogP contribution >= 0.6 is 0 Å².